The highest BCUT2D eigenvalue weighted by Crippen LogP contribution is 2.46. The standard InChI is InChI=1S/C19H16F2N2O3S/c1-19-9-15(12-7-10(17(24)25-2)3-6-16(12)26-19)22-18(27)23(19)11-4-5-13(20)14(21)8-11/h3-8,15H,9H2,1-2H3,(H,22,27). The number of fused-ring (bicyclic) bond motifs is 4. The first-order valence-electron chi connectivity index (χ1n) is 8.29. The molecule has 4 rings (SSSR count). The Morgan fingerprint density at radius 3 is 2.78 bits per heavy atom. The summed E-state index contributed by atoms with van der Waals surface area (Å²) in [6, 6.07) is 8.46. The number of carbonyl (C=O) groups is 1. The minimum atomic E-state index is -0.958. The van der Waals surface area contributed by atoms with Gasteiger partial charge in [-0.3, -0.25) is 4.90 Å². The number of halogens is 2. The summed E-state index contributed by atoms with van der Waals surface area (Å²) in [5.74, 6) is -1.74. The lowest BCUT2D eigenvalue weighted by molar-refractivity contribution is 0.0494. The number of carbonyl (C=O) groups excluding carboxylic acids is 1. The fourth-order valence-electron chi connectivity index (χ4n) is 3.63. The zero-order chi connectivity index (χ0) is 19.3. The highest BCUT2D eigenvalue weighted by Gasteiger charge is 2.48. The average molecular weight is 390 g/mol. The fourth-order valence-corrected chi connectivity index (χ4v) is 4.08. The molecule has 2 aliphatic heterocycles. The van der Waals surface area contributed by atoms with E-state index in [1.807, 2.05) is 6.92 Å². The van der Waals surface area contributed by atoms with Crippen LogP contribution in [0.25, 0.3) is 0 Å². The predicted molar refractivity (Wildman–Crippen MR) is 98.7 cm³/mol. The van der Waals surface area contributed by atoms with Crippen molar-refractivity contribution in [2.24, 2.45) is 0 Å². The number of thiocarbonyl (C=S) groups is 1. The smallest absolute Gasteiger partial charge is 0.337 e. The largest absolute Gasteiger partial charge is 0.467 e. The lowest BCUT2D eigenvalue weighted by Gasteiger charge is -2.52. The number of ether oxygens (including phenoxy) is 2. The fraction of sp³-hybridized carbons (Fsp3) is 0.263. The monoisotopic (exact) mass is 390 g/mol. The highest BCUT2D eigenvalue weighted by molar-refractivity contribution is 7.80. The van der Waals surface area contributed by atoms with E-state index in [-0.39, 0.29) is 6.04 Å². The van der Waals surface area contributed by atoms with Gasteiger partial charge < -0.3 is 14.8 Å². The van der Waals surface area contributed by atoms with Crippen LogP contribution in [0.1, 0.15) is 35.3 Å². The summed E-state index contributed by atoms with van der Waals surface area (Å²) in [6.07, 6.45) is 0.490. The third-order valence-corrected chi connectivity index (χ3v) is 5.15. The molecule has 0 radical (unpaired) electrons. The van der Waals surface area contributed by atoms with E-state index in [2.05, 4.69) is 5.32 Å². The van der Waals surface area contributed by atoms with Crippen LogP contribution in [-0.4, -0.2) is 23.9 Å². The molecule has 1 fully saturated rings. The first-order chi connectivity index (χ1) is 12.8. The number of nitrogens with one attached hydrogen (secondary N) is 1. The van der Waals surface area contributed by atoms with Gasteiger partial charge in [0.15, 0.2) is 22.5 Å². The van der Waals surface area contributed by atoms with Crippen molar-refractivity contribution < 1.29 is 23.0 Å². The van der Waals surface area contributed by atoms with Gasteiger partial charge in [-0.05, 0) is 49.5 Å². The van der Waals surface area contributed by atoms with Crippen molar-refractivity contribution in [2.75, 3.05) is 12.0 Å². The number of hydrogen-bond donors (Lipinski definition) is 1. The summed E-state index contributed by atoms with van der Waals surface area (Å²) in [6.45, 7) is 1.84. The maximum absolute atomic E-state index is 13.8. The molecular formula is C19H16F2N2O3S. The zero-order valence-corrected chi connectivity index (χ0v) is 15.4. The van der Waals surface area contributed by atoms with Crippen LogP contribution in [0.5, 0.6) is 5.75 Å². The van der Waals surface area contributed by atoms with E-state index in [1.165, 1.54) is 13.2 Å². The Labute approximate surface area is 159 Å². The van der Waals surface area contributed by atoms with E-state index in [0.29, 0.717) is 28.5 Å². The van der Waals surface area contributed by atoms with E-state index >= 15 is 0 Å². The van der Waals surface area contributed by atoms with Crippen molar-refractivity contribution in [3.8, 4) is 5.75 Å². The molecule has 0 aliphatic carbocycles. The van der Waals surface area contributed by atoms with Crippen LogP contribution in [0.2, 0.25) is 0 Å². The predicted octanol–water partition coefficient (Wildman–Crippen LogP) is 3.69. The molecule has 8 heteroatoms. The zero-order valence-electron chi connectivity index (χ0n) is 14.6. The number of methoxy groups -OCH3 is 1. The Bertz CT molecular complexity index is 968. The first-order valence-corrected chi connectivity index (χ1v) is 8.70. The Hall–Kier alpha value is -2.74. The van der Waals surface area contributed by atoms with Gasteiger partial charge in [-0.25, -0.2) is 13.6 Å². The van der Waals surface area contributed by atoms with Gasteiger partial charge >= 0.3 is 5.97 Å². The summed E-state index contributed by atoms with van der Waals surface area (Å²) in [7, 11) is 1.32. The summed E-state index contributed by atoms with van der Waals surface area (Å²) in [5, 5.41) is 3.53. The summed E-state index contributed by atoms with van der Waals surface area (Å²) in [5.41, 5.74) is 0.709. The van der Waals surface area contributed by atoms with Gasteiger partial charge in [0.1, 0.15) is 5.75 Å². The second-order valence-electron chi connectivity index (χ2n) is 6.66. The third kappa shape index (κ3) is 2.80. The van der Waals surface area contributed by atoms with E-state index in [1.54, 1.807) is 23.1 Å². The van der Waals surface area contributed by atoms with Gasteiger partial charge in [-0.1, -0.05) is 0 Å². The van der Waals surface area contributed by atoms with Crippen molar-refractivity contribution in [1.29, 1.82) is 0 Å². The summed E-state index contributed by atoms with van der Waals surface area (Å²) >= 11 is 5.47. The van der Waals surface area contributed by atoms with Crippen LogP contribution in [-0.2, 0) is 4.74 Å². The van der Waals surface area contributed by atoms with Crippen molar-refractivity contribution in [3.63, 3.8) is 0 Å². The molecule has 2 aliphatic rings. The molecule has 0 amide bonds. The van der Waals surface area contributed by atoms with Gasteiger partial charge in [-0.15, -0.1) is 0 Å². The molecular weight excluding hydrogens is 374 g/mol. The van der Waals surface area contributed by atoms with Crippen molar-refractivity contribution in [1.82, 2.24) is 5.32 Å². The maximum Gasteiger partial charge on any atom is 0.337 e. The molecule has 1 N–H and O–H groups in total. The number of esters is 1. The Morgan fingerprint density at radius 2 is 2.07 bits per heavy atom. The van der Waals surface area contributed by atoms with Crippen LogP contribution >= 0.6 is 12.2 Å². The number of hydrogen-bond acceptors (Lipinski definition) is 4. The molecule has 27 heavy (non-hydrogen) atoms. The summed E-state index contributed by atoms with van der Waals surface area (Å²) in [4.78, 5) is 13.5. The Morgan fingerprint density at radius 1 is 1.30 bits per heavy atom. The Kier molecular flexibility index (Phi) is 4.03. The number of anilines is 1. The minimum absolute atomic E-state index is 0.183. The second kappa shape index (κ2) is 6.16. The van der Waals surface area contributed by atoms with Crippen molar-refractivity contribution >= 4 is 29.0 Å². The maximum atomic E-state index is 13.8. The number of benzene rings is 2. The van der Waals surface area contributed by atoms with Gasteiger partial charge in [-0.2, -0.15) is 0 Å². The van der Waals surface area contributed by atoms with Crippen LogP contribution in [0, 0.1) is 11.6 Å². The molecule has 0 aromatic heterocycles. The molecule has 0 spiro atoms. The third-order valence-electron chi connectivity index (χ3n) is 4.85. The van der Waals surface area contributed by atoms with E-state index in [0.717, 1.165) is 17.7 Å². The van der Waals surface area contributed by atoms with Crippen LogP contribution in [0.3, 0.4) is 0 Å². The first kappa shape index (κ1) is 17.7. The molecule has 1 saturated heterocycles. The minimum Gasteiger partial charge on any atom is -0.467 e. The molecule has 2 aromatic rings. The SMILES string of the molecule is COC(=O)c1ccc2c(c1)C1CC(C)(O2)N(c2ccc(F)c(F)c2)C(=S)N1. The molecule has 2 bridgehead atoms. The Balaban J connectivity index is 1.76. The van der Waals surface area contributed by atoms with Crippen LogP contribution in [0.4, 0.5) is 14.5 Å². The molecule has 0 saturated carbocycles. The van der Waals surface area contributed by atoms with Crippen molar-refractivity contribution in [2.45, 2.75) is 25.1 Å². The van der Waals surface area contributed by atoms with E-state index in [4.69, 9.17) is 21.7 Å². The molecule has 2 atom stereocenters. The topological polar surface area (TPSA) is 50.8 Å². The summed E-state index contributed by atoms with van der Waals surface area (Å²) < 4.78 is 38.0. The van der Waals surface area contributed by atoms with Gasteiger partial charge in [0.25, 0.3) is 0 Å². The molecule has 2 heterocycles. The van der Waals surface area contributed by atoms with Gasteiger partial charge in [0.05, 0.1) is 24.4 Å². The van der Waals surface area contributed by atoms with E-state index in [9.17, 15) is 13.6 Å². The lowest BCUT2D eigenvalue weighted by Crippen LogP contribution is -2.65. The normalized spacial score (nSPS) is 23.2. The average Bonchev–Trinajstić information content (AvgIpc) is 2.63. The molecule has 5 nitrogen and oxygen atoms in total. The second-order valence-corrected chi connectivity index (χ2v) is 7.05. The highest BCUT2D eigenvalue weighted by atomic mass is 32.1. The number of nitrogens with zero attached hydrogens (tertiary/aromatic N) is 1. The van der Waals surface area contributed by atoms with Gasteiger partial charge in [0, 0.05) is 18.1 Å². The molecule has 2 unspecified atom stereocenters. The molecule has 2 aromatic carbocycles. The van der Waals surface area contributed by atoms with Crippen molar-refractivity contribution in [3.05, 3.63) is 59.2 Å². The van der Waals surface area contributed by atoms with Crippen LogP contribution in [0.15, 0.2) is 36.4 Å². The molecule has 140 valence electrons. The number of rotatable bonds is 2. The quantitative estimate of drug-likeness (QED) is 0.624. The van der Waals surface area contributed by atoms with E-state index < -0.39 is 23.3 Å². The lowest BCUT2D eigenvalue weighted by atomic mass is 9.89. The van der Waals surface area contributed by atoms with Crippen LogP contribution < -0.4 is 15.0 Å². The van der Waals surface area contributed by atoms with Gasteiger partial charge in [0.2, 0.25) is 0 Å².